The van der Waals surface area contributed by atoms with Crippen LogP contribution in [0, 0.1) is 0 Å². The van der Waals surface area contributed by atoms with E-state index >= 15 is 0 Å². The first-order valence-electron chi connectivity index (χ1n) is 5.65. The summed E-state index contributed by atoms with van der Waals surface area (Å²) in [5.74, 6) is 0.838. The third-order valence-corrected chi connectivity index (χ3v) is 3.46. The second-order valence-electron chi connectivity index (χ2n) is 3.88. The molecule has 0 radical (unpaired) electrons. The number of pyridine rings is 1. The number of rotatable bonds is 4. The molecule has 0 aliphatic heterocycles. The molecule has 1 aromatic heterocycles. The Morgan fingerprint density at radius 1 is 1.22 bits per heavy atom. The van der Waals surface area contributed by atoms with Gasteiger partial charge in [-0.1, -0.05) is 11.8 Å². The molecule has 2 rings (SSSR count). The van der Waals surface area contributed by atoms with Gasteiger partial charge < -0.3 is 9.84 Å². The second kappa shape index (κ2) is 5.89. The maximum absolute atomic E-state index is 9.53. The third-order valence-electron chi connectivity index (χ3n) is 2.52. The van der Waals surface area contributed by atoms with Crippen molar-refractivity contribution in [3.8, 4) is 5.75 Å². The molecule has 0 amide bonds. The van der Waals surface area contributed by atoms with Gasteiger partial charge in [0.15, 0.2) is 0 Å². The third kappa shape index (κ3) is 3.24. The van der Waals surface area contributed by atoms with E-state index in [0.29, 0.717) is 0 Å². The molecule has 0 saturated carbocycles. The van der Waals surface area contributed by atoms with Crippen molar-refractivity contribution in [2.24, 2.45) is 0 Å². The summed E-state index contributed by atoms with van der Waals surface area (Å²) in [6, 6.07) is 11.5. The first-order valence-corrected chi connectivity index (χ1v) is 6.46. The Morgan fingerprint density at radius 2 is 1.94 bits per heavy atom. The molecule has 0 unspecified atom stereocenters. The number of methoxy groups -OCH3 is 1. The van der Waals surface area contributed by atoms with Gasteiger partial charge in [0.05, 0.1) is 13.2 Å². The van der Waals surface area contributed by atoms with Crippen molar-refractivity contribution < 1.29 is 9.84 Å². The fourth-order valence-corrected chi connectivity index (χ4v) is 2.33. The number of hydrogen-bond acceptors (Lipinski definition) is 4. The highest BCUT2D eigenvalue weighted by Crippen LogP contribution is 2.28. The van der Waals surface area contributed by atoms with E-state index in [1.54, 1.807) is 32.0 Å². The van der Waals surface area contributed by atoms with Crippen molar-refractivity contribution in [1.82, 2.24) is 4.98 Å². The molecule has 0 spiro atoms. The van der Waals surface area contributed by atoms with Gasteiger partial charge in [-0.2, -0.15) is 0 Å². The van der Waals surface area contributed by atoms with Crippen LogP contribution in [0.25, 0.3) is 0 Å². The fraction of sp³-hybridized carbons (Fsp3) is 0.214. The normalized spacial score (nSPS) is 12.2. The van der Waals surface area contributed by atoms with Crippen molar-refractivity contribution in [3.05, 3.63) is 48.2 Å². The van der Waals surface area contributed by atoms with Crippen LogP contribution in [0.3, 0.4) is 0 Å². The quantitative estimate of drug-likeness (QED) is 0.917. The van der Waals surface area contributed by atoms with E-state index < -0.39 is 6.10 Å². The monoisotopic (exact) mass is 261 g/mol. The Morgan fingerprint density at radius 3 is 2.56 bits per heavy atom. The summed E-state index contributed by atoms with van der Waals surface area (Å²) in [6.07, 6.45) is 1.25. The molecule has 94 valence electrons. The average Bonchev–Trinajstić information content (AvgIpc) is 2.40. The standard InChI is InChI=1S/C14H15NO2S/c1-10(16)11-7-8-15-14(9-11)18-13-5-3-12(17-2)4-6-13/h3-10,16H,1-2H3/t10-/m1/s1. The molecule has 2 aromatic rings. The Labute approximate surface area is 111 Å². The second-order valence-corrected chi connectivity index (χ2v) is 4.97. The highest BCUT2D eigenvalue weighted by atomic mass is 32.2. The van der Waals surface area contributed by atoms with E-state index in [2.05, 4.69) is 4.98 Å². The molecule has 3 nitrogen and oxygen atoms in total. The zero-order valence-electron chi connectivity index (χ0n) is 10.3. The van der Waals surface area contributed by atoms with Gasteiger partial charge in [-0.05, 0) is 48.9 Å². The lowest BCUT2D eigenvalue weighted by Crippen LogP contribution is -1.92. The van der Waals surface area contributed by atoms with Crippen LogP contribution in [-0.2, 0) is 0 Å². The smallest absolute Gasteiger partial charge is 0.118 e. The van der Waals surface area contributed by atoms with Gasteiger partial charge in [0, 0.05) is 11.1 Å². The van der Waals surface area contributed by atoms with Gasteiger partial charge in [-0.15, -0.1) is 0 Å². The molecule has 1 N–H and O–H groups in total. The fourth-order valence-electron chi connectivity index (χ4n) is 1.50. The van der Waals surface area contributed by atoms with Gasteiger partial charge in [0.1, 0.15) is 10.8 Å². The number of aromatic nitrogens is 1. The Balaban J connectivity index is 2.15. The van der Waals surface area contributed by atoms with Crippen molar-refractivity contribution in [1.29, 1.82) is 0 Å². The lowest BCUT2D eigenvalue weighted by Gasteiger charge is -2.07. The maximum atomic E-state index is 9.53. The number of aliphatic hydroxyl groups is 1. The van der Waals surface area contributed by atoms with E-state index in [1.165, 1.54) is 0 Å². The number of benzene rings is 1. The van der Waals surface area contributed by atoms with Crippen molar-refractivity contribution >= 4 is 11.8 Å². The number of hydrogen-bond donors (Lipinski definition) is 1. The maximum Gasteiger partial charge on any atom is 0.118 e. The molecular weight excluding hydrogens is 246 g/mol. The van der Waals surface area contributed by atoms with Gasteiger partial charge in [-0.25, -0.2) is 4.98 Å². The number of aliphatic hydroxyl groups excluding tert-OH is 1. The summed E-state index contributed by atoms with van der Waals surface area (Å²) in [6.45, 7) is 1.75. The minimum absolute atomic E-state index is 0.469. The Hall–Kier alpha value is -1.52. The summed E-state index contributed by atoms with van der Waals surface area (Å²) in [7, 11) is 1.65. The molecule has 1 heterocycles. The van der Waals surface area contributed by atoms with Crippen LogP contribution >= 0.6 is 11.8 Å². The minimum Gasteiger partial charge on any atom is -0.497 e. The minimum atomic E-state index is -0.469. The molecule has 1 atom stereocenters. The van der Waals surface area contributed by atoms with E-state index in [-0.39, 0.29) is 0 Å². The predicted octanol–water partition coefficient (Wildman–Crippen LogP) is 3.29. The van der Waals surface area contributed by atoms with E-state index in [0.717, 1.165) is 21.2 Å². The molecule has 18 heavy (non-hydrogen) atoms. The van der Waals surface area contributed by atoms with Crippen molar-refractivity contribution in [2.45, 2.75) is 22.9 Å². The van der Waals surface area contributed by atoms with Crippen LogP contribution in [0.2, 0.25) is 0 Å². The number of ether oxygens (including phenoxy) is 1. The van der Waals surface area contributed by atoms with Crippen LogP contribution in [0.5, 0.6) is 5.75 Å². The zero-order valence-corrected chi connectivity index (χ0v) is 11.1. The highest BCUT2D eigenvalue weighted by molar-refractivity contribution is 7.99. The first kappa shape index (κ1) is 12.9. The molecule has 0 saturated heterocycles. The summed E-state index contributed by atoms with van der Waals surface area (Å²) in [5.41, 5.74) is 0.876. The summed E-state index contributed by atoms with van der Waals surface area (Å²) in [5, 5.41) is 10.4. The van der Waals surface area contributed by atoms with Gasteiger partial charge in [0.2, 0.25) is 0 Å². The molecule has 4 heteroatoms. The molecule has 0 aliphatic carbocycles. The van der Waals surface area contributed by atoms with E-state index in [4.69, 9.17) is 4.74 Å². The Kier molecular flexibility index (Phi) is 4.23. The molecule has 1 aromatic carbocycles. The summed E-state index contributed by atoms with van der Waals surface area (Å²) < 4.78 is 5.11. The lowest BCUT2D eigenvalue weighted by atomic mass is 10.2. The van der Waals surface area contributed by atoms with Gasteiger partial charge in [0.25, 0.3) is 0 Å². The van der Waals surface area contributed by atoms with Crippen molar-refractivity contribution in [2.75, 3.05) is 7.11 Å². The molecule has 0 bridgehead atoms. The largest absolute Gasteiger partial charge is 0.497 e. The van der Waals surface area contributed by atoms with Crippen LogP contribution in [0.1, 0.15) is 18.6 Å². The zero-order chi connectivity index (χ0) is 13.0. The first-order chi connectivity index (χ1) is 8.69. The topological polar surface area (TPSA) is 42.4 Å². The SMILES string of the molecule is COc1ccc(Sc2cc([C@@H](C)O)ccn2)cc1. The van der Waals surface area contributed by atoms with Gasteiger partial charge in [-0.3, -0.25) is 0 Å². The van der Waals surface area contributed by atoms with Crippen molar-refractivity contribution in [3.63, 3.8) is 0 Å². The molecular formula is C14H15NO2S. The van der Waals surface area contributed by atoms with E-state index in [9.17, 15) is 5.11 Å². The Bertz CT molecular complexity index is 511. The van der Waals surface area contributed by atoms with Crippen LogP contribution < -0.4 is 4.74 Å². The van der Waals surface area contributed by atoms with Gasteiger partial charge >= 0.3 is 0 Å². The lowest BCUT2D eigenvalue weighted by molar-refractivity contribution is 0.199. The van der Waals surface area contributed by atoms with Crippen LogP contribution in [0.4, 0.5) is 0 Å². The predicted molar refractivity (Wildman–Crippen MR) is 72.0 cm³/mol. The average molecular weight is 261 g/mol. The molecule has 0 aliphatic rings. The summed E-state index contributed by atoms with van der Waals surface area (Å²) >= 11 is 1.56. The molecule has 0 fully saturated rings. The van der Waals surface area contributed by atoms with Crippen LogP contribution in [0.15, 0.2) is 52.5 Å². The number of nitrogens with zero attached hydrogens (tertiary/aromatic N) is 1. The van der Waals surface area contributed by atoms with E-state index in [1.807, 2.05) is 36.4 Å². The van der Waals surface area contributed by atoms with Crippen LogP contribution in [-0.4, -0.2) is 17.2 Å². The summed E-state index contributed by atoms with van der Waals surface area (Å²) in [4.78, 5) is 5.37. The highest BCUT2D eigenvalue weighted by Gasteiger charge is 2.04.